The number of hydrogen-bond acceptors (Lipinski definition) is 6. The molecule has 0 aliphatic carbocycles. The fraction of sp³-hybridized carbons (Fsp3) is 0.0222. The van der Waals surface area contributed by atoms with E-state index in [-0.39, 0.29) is 6.17 Å². The lowest BCUT2D eigenvalue weighted by molar-refractivity contribution is 0.667. The first-order valence-electron chi connectivity index (χ1n) is 17.0. The Bertz CT molecular complexity index is 3070. The molecule has 1 N–H and O–H groups in total. The zero-order valence-corrected chi connectivity index (χ0v) is 27.9. The second-order valence-corrected chi connectivity index (χ2v) is 14.0. The third kappa shape index (κ3) is 4.47. The third-order valence-corrected chi connectivity index (χ3v) is 11.1. The van der Waals surface area contributed by atoms with Crippen LogP contribution in [0.2, 0.25) is 0 Å². The monoisotopic (exact) mass is 673 g/mol. The Labute approximate surface area is 295 Å². The van der Waals surface area contributed by atoms with Crippen LogP contribution >= 0.6 is 11.3 Å². The van der Waals surface area contributed by atoms with Crippen LogP contribution < -0.4 is 5.32 Å². The molecular formula is C45H27N3O2S. The lowest BCUT2D eigenvalue weighted by atomic mass is 9.96. The quantitative estimate of drug-likeness (QED) is 0.202. The smallest absolute Gasteiger partial charge is 0.159 e. The second-order valence-electron chi connectivity index (χ2n) is 12.9. The lowest BCUT2D eigenvalue weighted by Crippen LogP contribution is -2.33. The molecule has 0 spiro atoms. The van der Waals surface area contributed by atoms with Gasteiger partial charge in [-0.3, -0.25) is 0 Å². The molecule has 0 bridgehead atoms. The van der Waals surface area contributed by atoms with Gasteiger partial charge < -0.3 is 14.2 Å². The van der Waals surface area contributed by atoms with Crippen molar-refractivity contribution in [2.75, 3.05) is 0 Å². The van der Waals surface area contributed by atoms with Gasteiger partial charge in [0.05, 0.1) is 0 Å². The van der Waals surface area contributed by atoms with Crippen LogP contribution in [0.4, 0.5) is 0 Å². The van der Waals surface area contributed by atoms with Crippen LogP contribution in [0.5, 0.6) is 0 Å². The van der Waals surface area contributed by atoms with Crippen molar-refractivity contribution >= 4 is 87.1 Å². The number of thiophene rings is 1. The molecule has 7 aromatic carbocycles. The molecule has 1 unspecified atom stereocenters. The summed E-state index contributed by atoms with van der Waals surface area (Å²) in [5.41, 5.74) is 8.50. The van der Waals surface area contributed by atoms with Gasteiger partial charge in [0.25, 0.3) is 0 Å². The van der Waals surface area contributed by atoms with Crippen LogP contribution in [0, 0.1) is 0 Å². The van der Waals surface area contributed by atoms with E-state index in [1.807, 2.05) is 53.8 Å². The maximum absolute atomic E-state index is 6.55. The summed E-state index contributed by atoms with van der Waals surface area (Å²) < 4.78 is 15.4. The molecule has 1 aliphatic rings. The number of nitrogens with zero attached hydrogens (tertiary/aromatic N) is 2. The summed E-state index contributed by atoms with van der Waals surface area (Å²) in [6, 6.07) is 52.6. The summed E-state index contributed by atoms with van der Waals surface area (Å²) >= 11 is 1.81. The fourth-order valence-electron chi connectivity index (χ4n) is 7.58. The molecule has 0 radical (unpaired) electrons. The summed E-state index contributed by atoms with van der Waals surface area (Å²) in [6.07, 6.45) is -0.327. The minimum absolute atomic E-state index is 0.327. The van der Waals surface area contributed by atoms with Gasteiger partial charge in [-0.05, 0) is 71.3 Å². The number of benzene rings is 7. The molecule has 3 aromatic heterocycles. The Morgan fingerprint density at radius 3 is 2.04 bits per heavy atom. The van der Waals surface area contributed by atoms with Crippen molar-refractivity contribution in [3.05, 3.63) is 168 Å². The molecule has 5 nitrogen and oxygen atoms in total. The van der Waals surface area contributed by atoms with E-state index in [1.54, 1.807) is 0 Å². The van der Waals surface area contributed by atoms with E-state index in [0.717, 1.165) is 77.5 Å². The van der Waals surface area contributed by atoms with Gasteiger partial charge in [-0.25, -0.2) is 9.98 Å². The van der Waals surface area contributed by atoms with Crippen molar-refractivity contribution in [2.24, 2.45) is 9.98 Å². The van der Waals surface area contributed by atoms with Gasteiger partial charge in [0.2, 0.25) is 0 Å². The number of rotatable bonds is 4. The molecule has 6 heteroatoms. The third-order valence-electron chi connectivity index (χ3n) is 9.96. The van der Waals surface area contributed by atoms with Gasteiger partial charge in [-0.2, -0.15) is 0 Å². The highest BCUT2D eigenvalue weighted by Crippen LogP contribution is 2.41. The molecule has 0 saturated carbocycles. The molecule has 51 heavy (non-hydrogen) atoms. The number of aliphatic imine (C=N–C) groups is 2. The summed E-state index contributed by atoms with van der Waals surface area (Å²) in [5, 5.41) is 10.4. The number of fused-ring (bicyclic) bond motifs is 9. The van der Waals surface area contributed by atoms with Gasteiger partial charge in [0.1, 0.15) is 34.3 Å². The van der Waals surface area contributed by atoms with E-state index >= 15 is 0 Å². The van der Waals surface area contributed by atoms with Gasteiger partial charge in [-0.15, -0.1) is 11.3 Å². The van der Waals surface area contributed by atoms with Crippen LogP contribution in [0.25, 0.3) is 75.2 Å². The van der Waals surface area contributed by atoms with E-state index < -0.39 is 0 Å². The lowest BCUT2D eigenvalue weighted by Gasteiger charge is -2.24. The Morgan fingerprint density at radius 2 is 1.16 bits per heavy atom. The van der Waals surface area contributed by atoms with Crippen LogP contribution in [-0.4, -0.2) is 11.7 Å². The van der Waals surface area contributed by atoms with Crippen LogP contribution in [0.3, 0.4) is 0 Å². The summed E-state index contributed by atoms with van der Waals surface area (Å²) in [7, 11) is 0. The van der Waals surface area contributed by atoms with Gasteiger partial charge in [0.15, 0.2) is 5.84 Å². The number of nitrogens with one attached hydrogen (secondary N) is 1. The first-order valence-corrected chi connectivity index (χ1v) is 17.8. The molecule has 4 heterocycles. The largest absolute Gasteiger partial charge is 0.456 e. The van der Waals surface area contributed by atoms with E-state index in [2.05, 4.69) is 115 Å². The Morgan fingerprint density at radius 1 is 0.490 bits per heavy atom. The first-order chi connectivity index (χ1) is 25.2. The minimum atomic E-state index is -0.327. The maximum Gasteiger partial charge on any atom is 0.159 e. The number of amidine groups is 2. The molecule has 0 fully saturated rings. The molecule has 0 amide bonds. The average molecular weight is 674 g/mol. The zero-order valence-electron chi connectivity index (χ0n) is 27.1. The van der Waals surface area contributed by atoms with Gasteiger partial charge in [0, 0.05) is 52.8 Å². The van der Waals surface area contributed by atoms with E-state index in [0.29, 0.717) is 5.84 Å². The Hall–Kier alpha value is -6.50. The zero-order chi connectivity index (χ0) is 33.5. The number of furan rings is 2. The highest BCUT2D eigenvalue weighted by molar-refractivity contribution is 7.25. The normalized spacial score (nSPS) is 14.9. The molecule has 10 aromatic rings. The number of para-hydroxylation sites is 1. The highest BCUT2D eigenvalue weighted by Gasteiger charge is 2.25. The first kappa shape index (κ1) is 28.3. The summed E-state index contributed by atoms with van der Waals surface area (Å²) in [5.74, 6) is 1.44. The van der Waals surface area contributed by atoms with E-state index in [4.69, 9.17) is 18.8 Å². The minimum Gasteiger partial charge on any atom is -0.456 e. The van der Waals surface area contributed by atoms with Gasteiger partial charge in [-0.1, -0.05) is 97.1 Å². The predicted octanol–water partition coefficient (Wildman–Crippen LogP) is 12.0. The maximum atomic E-state index is 6.55. The second kappa shape index (κ2) is 11.0. The van der Waals surface area contributed by atoms with Crippen molar-refractivity contribution in [1.29, 1.82) is 0 Å². The van der Waals surface area contributed by atoms with Crippen molar-refractivity contribution in [1.82, 2.24) is 5.32 Å². The summed E-state index contributed by atoms with van der Waals surface area (Å²) in [4.78, 5) is 10.5. The molecule has 1 aliphatic heterocycles. The van der Waals surface area contributed by atoms with Crippen LogP contribution in [-0.2, 0) is 0 Å². The molecular weight excluding hydrogens is 647 g/mol. The van der Waals surface area contributed by atoms with Gasteiger partial charge >= 0.3 is 0 Å². The predicted molar refractivity (Wildman–Crippen MR) is 211 cm³/mol. The topological polar surface area (TPSA) is 63.0 Å². The highest BCUT2D eigenvalue weighted by atomic mass is 32.1. The molecule has 1 atom stereocenters. The van der Waals surface area contributed by atoms with E-state index in [1.165, 1.54) is 20.2 Å². The average Bonchev–Trinajstić information content (AvgIpc) is 3.88. The Balaban J connectivity index is 1.11. The standard InChI is InChI=1S/C45H27N3O2S/c1-2-10-26(11-3-1)43-46-44(28-21-23-40-34(24-28)32-13-5-7-19-39(32)51-40)48-45(47-43)33-15-9-18-37-42(33)41-29(14-8-17-36(41)50-37)27-20-22-31-30-12-4-6-16-35(30)49-38(31)25-27/h1-25,43H,(H,46,47,48). The summed E-state index contributed by atoms with van der Waals surface area (Å²) in [6.45, 7) is 0. The van der Waals surface area contributed by atoms with Crippen molar-refractivity contribution in [2.45, 2.75) is 6.17 Å². The van der Waals surface area contributed by atoms with Crippen molar-refractivity contribution in [3.63, 3.8) is 0 Å². The molecule has 11 rings (SSSR count). The number of hydrogen-bond donors (Lipinski definition) is 1. The van der Waals surface area contributed by atoms with Crippen molar-refractivity contribution in [3.8, 4) is 11.1 Å². The van der Waals surface area contributed by atoms with Crippen molar-refractivity contribution < 1.29 is 8.83 Å². The fourth-order valence-corrected chi connectivity index (χ4v) is 8.67. The molecule has 0 saturated heterocycles. The van der Waals surface area contributed by atoms with Crippen LogP contribution in [0.15, 0.2) is 170 Å². The van der Waals surface area contributed by atoms with E-state index in [9.17, 15) is 0 Å². The Kier molecular flexibility index (Phi) is 6.12. The van der Waals surface area contributed by atoms with Crippen LogP contribution in [0.1, 0.15) is 22.9 Å². The molecule has 240 valence electrons. The SMILES string of the molecule is c1ccc(C2N=C(c3ccc4sc5ccccc5c4c3)N=C(c3cccc4oc5cccc(-c6ccc7c(c6)oc6ccccc67)c5c34)N2)cc1.